The fourth-order valence-electron chi connectivity index (χ4n) is 4.36. The maximum atomic E-state index is 12.0. The minimum absolute atomic E-state index is 0.114. The summed E-state index contributed by atoms with van der Waals surface area (Å²) in [7, 11) is -1.49. The number of hydrogen-bond donors (Lipinski definition) is 3. The molecule has 5 rings (SSSR count). The van der Waals surface area contributed by atoms with Gasteiger partial charge in [0, 0.05) is 23.9 Å². The molecule has 0 radical (unpaired) electrons. The molecule has 6 nitrogen and oxygen atoms in total. The van der Waals surface area contributed by atoms with Crippen LogP contribution in [0, 0.1) is 0 Å². The monoisotopic (exact) mass is 460 g/mol. The van der Waals surface area contributed by atoms with Crippen LogP contribution >= 0.6 is 0 Å². The molecular formula is C26H24N2O4S. The van der Waals surface area contributed by atoms with Gasteiger partial charge in [0.05, 0.1) is 10.9 Å². The van der Waals surface area contributed by atoms with Gasteiger partial charge in [0.2, 0.25) is 0 Å². The van der Waals surface area contributed by atoms with Gasteiger partial charge in [-0.15, -0.1) is 0 Å². The highest BCUT2D eigenvalue weighted by Crippen LogP contribution is 2.40. The molecule has 0 aromatic heterocycles. The van der Waals surface area contributed by atoms with Gasteiger partial charge in [-0.25, -0.2) is 4.21 Å². The summed E-state index contributed by atoms with van der Waals surface area (Å²) >= 11 is 0. The molecule has 0 saturated carbocycles. The minimum Gasteiger partial charge on any atom is -0.457 e. The normalized spacial score (nSPS) is 19.1. The summed E-state index contributed by atoms with van der Waals surface area (Å²) in [4.78, 5) is 11.9. The third-order valence-corrected chi connectivity index (χ3v) is 7.06. The van der Waals surface area contributed by atoms with Gasteiger partial charge in [0.25, 0.3) is 5.91 Å². The summed E-state index contributed by atoms with van der Waals surface area (Å²) in [6, 6.07) is 21.8. The standard InChI is InChI=1S/C26H24N2O4S/c29-14-13-17-3-1-4-20(15-17)32-24-6-2-5-21-22(24)11-12-23(21)27-19-9-7-18(8-10-19)25-16-26(30)28-33(25)31/h1-10,15-16,23,27,29H,11-14H2,(H,28,30)/t23-,33?/m1/s1. The Morgan fingerprint density at radius 3 is 2.67 bits per heavy atom. The maximum absolute atomic E-state index is 12.0. The molecule has 0 bridgehead atoms. The Kier molecular flexibility index (Phi) is 5.98. The zero-order valence-electron chi connectivity index (χ0n) is 17.9. The van der Waals surface area contributed by atoms with E-state index in [1.165, 1.54) is 17.2 Å². The second kappa shape index (κ2) is 9.21. The van der Waals surface area contributed by atoms with Crippen molar-refractivity contribution in [1.82, 2.24) is 4.72 Å². The van der Waals surface area contributed by atoms with Gasteiger partial charge in [0.15, 0.2) is 11.0 Å². The highest BCUT2D eigenvalue weighted by Gasteiger charge is 2.26. The summed E-state index contributed by atoms with van der Waals surface area (Å²) in [6.07, 6.45) is 3.86. The molecule has 2 aliphatic rings. The predicted molar refractivity (Wildman–Crippen MR) is 129 cm³/mol. The van der Waals surface area contributed by atoms with Gasteiger partial charge in [-0.3, -0.25) is 9.52 Å². The number of rotatable bonds is 7. The first-order chi connectivity index (χ1) is 16.1. The van der Waals surface area contributed by atoms with E-state index < -0.39 is 11.0 Å². The van der Waals surface area contributed by atoms with E-state index >= 15 is 0 Å². The Labute approximate surface area is 194 Å². The van der Waals surface area contributed by atoms with Crippen molar-refractivity contribution in [2.24, 2.45) is 0 Å². The van der Waals surface area contributed by atoms with E-state index in [0.717, 1.165) is 41.2 Å². The number of carbonyl (C=O) groups is 1. The quantitative estimate of drug-likeness (QED) is 0.491. The number of benzene rings is 3. The average Bonchev–Trinajstić information content (AvgIpc) is 3.38. The van der Waals surface area contributed by atoms with Crippen molar-refractivity contribution >= 4 is 27.5 Å². The van der Waals surface area contributed by atoms with Crippen LogP contribution in [0.1, 0.15) is 34.7 Å². The molecule has 3 aromatic carbocycles. The van der Waals surface area contributed by atoms with E-state index in [1.54, 1.807) is 0 Å². The van der Waals surface area contributed by atoms with Gasteiger partial charge < -0.3 is 15.2 Å². The summed E-state index contributed by atoms with van der Waals surface area (Å²) in [5.74, 6) is 1.31. The number of anilines is 1. The van der Waals surface area contributed by atoms with E-state index in [0.29, 0.717) is 11.3 Å². The predicted octanol–water partition coefficient (Wildman–Crippen LogP) is 4.25. The number of amides is 1. The van der Waals surface area contributed by atoms with Crippen LogP contribution in [-0.2, 0) is 28.6 Å². The number of aliphatic hydroxyl groups excluding tert-OH is 1. The van der Waals surface area contributed by atoms with Crippen molar-refractivity contribution in [2.45, 2.75) is 25.3 Å². The van der Waals surface area contributed by atoms with Crippen LogP contribution in [0.5, 0.6) is 11.5 Å². The lowest BCUT2D eigenvalue weighted by Gasteiger charge is -2.17. The lowest BCUT2D eigenvalue weighted by Crippen LogP contribution is -2.16. The molecule has 2 atom stereocenters. The number of fused-ring (bicyclic) bond motifs is 1. The summed E-state index contributed by atoms with van der Waals surface area (Å²) in [5, 5.41) is 12.8. The Morgan fingerprint density at radius 2 is 1.91 bits per heavy atom. The average molecular weight is 461 g/mol. The smallest absolute Gasteiger partial charge is 0.257 e. The summed E-state index contributed by atoms with van der Waals surface area (Å²) in [6.45, 7) is 0.114. The molecule has 0 spiro atoms. The Bertz CT molecular complexity index is 1250. The Hall–Kier alpha value is -3.42. The molecule has 1 heterocycles. The van der Waals surface area contributed by atoms with Crippen LogP contribution < -0.4 is 14.8 Å². The van der Waals surface area contributed by atoms with Crippen molar-refractivity contribution in [3.05, 3.63) is 95.1 Å². The van der Waals surface area contributed by atoms with Crippen LogP contribution in [-0.4, -0.2) is 21.8 Å². The highest BCUT2D eigenvalue weighted by atomic mass is 32.2. The van der Waals surface area contributed by atoms with Crippen LogP contribution in [0.3, 0.4) is 0 Å². The molecule has 1 aliphatic carbocycles. The van der Waals surface area contributed by atoms with Crippen LogP contribution in [0.4, 0.5) is 5.69 Å². The van der Waals surface area contributed by atoms with Crippen LogP contribution in [0.2, 0.25) is 0 Å². The second-order valence-electron chi connectivity index (χ2n) is 8.10. The zero-order valence-corrected chi connectivity index (χ0v) is 18.7. The van der Waals surface area contributed by atoms with Gasteiger partial charge >= 0.3 is 0 Å². The molecule has 1 aliphatic heterocycles. The van der Waals surface area contributed by atoms with Crippen LogP contribution in [0.25, 0.3) is 4.91 Å². The van der Waals surface area contributed by atoms with E-state index in [4.69, 9.17) is 4.74 Å². The molecule has 1 unspecified atom stereocenters. The third kappa shape index (κ3) is 4.55. The van der Waals surface area contributed by atoms with Crippen molar-refractivity contribution < 1.29 is 18.8 Å². The minimum atomic E-state index is -1.49. The Balaban J connectivity index is 1.31. The first kappa shape index (κ1) is 21.4. The van der Waals surface area contributed by atoms with Crippen molar-refractivity contribution in [3.8, 4) is 11.5 Å². The van der Waals surface area contributed by atoms with Crippen molar-refractivity contribution in [2.75, 3.05) is 11.9 Å². The number of hydrogen-bond acceptors (Lipinski definition) is 5. The molecular weight excluding hydrogens is 436 g/mol. The molecule has 3 N–H and O–H groups in total. The number of carbonyl (C=O) groups excluding carboxylic acids is 1. The molecule has 0 saturated heterocycles. The molecule has 0 fully saturated rings. The lowest BCUT2D eigenvalue weighted by atomic mass is 10.1. The first-order valence-electron chi connectivity index (χ1n) is 10.9. The molecule has 33 heavy (non-hydrogen) atoms. The SMILES string of the molecule is O=C1C=C(c2ccc(N[C@@H]3CCc4c(Oc5cccc(CCO)c5)cccc43)cc2)S(=O)N1. The third-order valence-electron chi connectivity index (χ3n) is 5.92. The van der Waals surface area contributed by atoms with E-state index in [-0.39, 0.29) is 18.6 Å². The fraction of sp³-hybridized carbons (Fsp3) is 0.192. The van der Waals surface area contributed by atoms with E-state index in [1.807, 2.05) is 60.7 Å². The summed E-state index contributed by atoms with van der Waals surface area (Å²) < 4.78 is 20.6. The van der Waals surface area contributed by atoms with Crippen molar-refractivity contribution in [3.63, 3.8) is 0 Å². The number of ether oxygens (including phenoxy) is 1. The second-order valence-corrected chi connectivity index (χ2v) is 9.28. The fourth-order valence-corrected chi connectivity index (χ4v) is 5.27. The van der Waals surface area contributed by atoms with Crippen molar-refractivity contribution in [1.29, 1.82) is 0 Å². The molecule has 1 amide bonds. The zero-order chi connectivity index (χ0) is 22.8. The largest absolute Gasteiger partial charge is 0.457 e. The van der Waals surface area contributed by atoms with E-state index in [2.05, 4.69) is 16.1 Å². The number of nitrogens with one attached hydrogen (secondary N) is 2. The van der Waals surface area contributed by atoms with Gasteiger partial charge in [0.1, 0.15) is 11.5 Å². The lowest BCUT2D eigenvalue weighted by molar-refractivity contribution is -0.114. The summed E-state index contributed by atoms with van der Waals surface area (Å²) in [5.41, 5.74) is 5.20. The van der Waals surface area contributed by atoms with Gasteiger partial charge in [-0.2, -0.15) is 0 Å². The first-order valence-corrected chi connectivity index (χ1v) is 12.1. The van der Waals surface area contributed by atoms with Gasteiger partial charge in [-0.1, -0.05) is 36.4 Å². The van der Waals surface area contributed by atoms with Crippen LogP contribution in [0.15, 0.2) is 72.8 Å². The molecule has 7 heteroatoms. The van der Waals surface area contributed by atoms with E-state index in [9.17, 15) is 14.1 Å². The number of aliphatic hydroxyl groups is 1. The topological polar surface area (TPSA) is 87.7 Å². The molecule has 168 valence electrons. The highest BCUT2D eigenvalue weighted by molar-refractivity contribution is 7.93. The van der Waals surface area contributed by atoms with Gasteiger partial charge in [-0.05, 0) is 66.3 Å². The maximum Gasteiger partial charge on any atom is 0.257 e. The Morgan fingerprint density at radius 1 is 1.09 bits per heavy atom. The molecule has 3 aromatic rings.